The molecule has 0 unspecified atom stereocenters. The van der Waals surface area contributed by atoms with Crippen molar-refractivity contribution in [3.8, 4) is 0 Å². The third kappa shape index (κ3) is 1.55. The zero-order valence-corrected chi connectivity index (χ0v) is 12.1. The molecule has 0 saturated carbocycles. The van der Waals surface area contributed by atoms with Crippen LogP contribution in [0, 0.1) is 0 Å². The SMILES string of the molecule is CN1C(=O)[C@]2(CC[NH2+][C@H]2c2ccccc2)c2ccccc21. The number of amides is 1. The summed E-state index contributed by atoms with van der Waals surface area (Å²) in [4.78, 5) is 14.9. The van der Waals surface area contributed by atoms with Crippen LogP contribution in [0.2, 0.25) is 0 Å². The number of benzene rings is 2. The molecule has 2 aromatic rings. The molecule has 4 rings (SSSR count). The van der Waals surface area contributed by atoms with Crippen LogP contribution in [0.1, 0.15) is 23.6 Å². The number of likely N-dealkylation sites (N-methyl/N-ethyl adjacent to an activating group) is 1. The number of hydrogen-bond acceptors (Lipinski definition) is 1. The number of hydrogen-bond donors (Lipinski definition) is 1. The monoisotopic (exact) mass is 279 g/mol. The van der Waals surface area contributed by atoms with Crippen molar-refractivity contribution in [1.29, 1.82) is 0 Å². The number of fused-ring (bicyclic) bond motifs is 2. The first kappa shape index (κ1) is 12.6. The van der Waals surface area contributed by atoms with Gasteiger partial charge in [-0.25, -0.2) is 0 Å². The molecule has 2 aliphatic heterocycles. The van der Waals surface area contributed by atoms with Gasteiger partial charge in [-0.3, -0.25) is 4.79 Å². The van der Waals surface area contributed by atoms with E-state index in [4.69, 9.17) is 0 Å². The fourth-order valence-corrected chi connectivity index (χ4v) is 4.12. The molecule has 3 nitrogen and oxygen atoms in total. The van der Waals surface area contributed by atoms with E-state index >= 15 is 0 Å². The van der Waals surface area contributed by atoms with Crippen LogP contribution < -0.4 is 10.2 Å². The normalized spacial score (nSPS) is 27.4. The molecular formula is C18H19N2O+. The smallest absolute Gasteiger partial charge is 0.244 e. The zero-order chi connectivity index (χ0) is 14.4. The van der Waals surface area contributed by atoms with Gasteiger partial charge in [0.05, 0.1) is 6.54 Å². The Morgan fingerprint density at radius 2 is 1.81 bits per heavy atom. The minimum atomic E-state index is -0.396. The largest absolute Gasteiger partial charge is 0.339 e. The maximum atomic E-state index is 13.1. The Morgan fingerprint density at radius 3 is 2.62 bits per heavy atom. The lowest BCUT2D eigenvalue weighted by Crippen LogP contribution is -2.83. The van der Waals surface area contributed by atoms with E-state index in [1.807, 2.05) is 30.1 Å². The Bertz CT molecular complexity index is 697. The Kier molecular flexibility index (Phi) is 2.66. The minimum Gasteiger partial charge on any atom is -0.339 e. The van der Waals surface area contributed by atoms with Gasteiger partial charge < -0.3 is 10.2 Å². The van der Waals surface area contributed by atoms with Crippen LogP contribution in [0.5, 0.6) is 0 Å². The summed E-state index contributed by atoms with van der Waals surface area (Å²) >= 11 is 0. The number of nitrogens with zero attached hydrogens (tertiary/aromatic N) is 1. The van der Waals surface area contributed by atoms with Gasteiger partial charge in [0.25, 0.3) is 0 Å². The summed E-state index contributed by atoms with van der Waals surface area (Å²) in [5, 5.41) is 2.32. The van der Waals surface area contributed by atoms with Gasteiger partial charge >= 0.3 is 0 Å². The molecule has 0 aromatic heterocycles. The highest BCUT2D eigenvalue weighted by atomic mass is 16.2. The van der Waals surface area contributed by atoms with Crippen LogP contribution in [0.15, 0.2) is 54.6 Å². The van der Waals surface area contributed by atoms with Gasteiger partial charge in [0.15, 0.2) is 0 Å². The second kappa shape index (κ2) is 4.43. The van der Waals surface area contributed by atoms with Crippen molar-refractivity contribution in [2.75, 3.05) is 18.5 Å². The molecule has 2 aromatic carbocycles. The maximum Gasteiger partial charge on any atom is 0.244 e. The van der Waals surface area contributed by atoms with E-state index < -0.39 is 5.41 Å². The van der Waals surface area contributed by atoms with Crippen molar-refractivity contribution in [2.45, 2.75) is 17.9 Å². The lowest BCUT2D eigenvalue weighted by atomic mass is 9.73. The van der Waals surface area contributed by atoms with Crippen LogP contribution in [0.3, 0.4) is 0 Å². The van der Waals surface area contributed by atoms with Gasteiger partial charge in [0.1, 0.15) is 11.5 Å². The predicted molar refractivity (Wildman–Crippen MR) is 82.1 cm³/mol. The third-order valence-corrected chi connectivity index (χ3v) is 5.06. The van der Waals surface area contributed by atoms with E-state index in [9.17, 15) is 4.79 Å². The summed E-state index contributed by atoms with van der Waals surface area (Å²) in [6, 6.07) is 18.9. The fraction of sp³-hybridized carbons (Fsp3) is 0.278. The highest BCUT2D eigenvalue weighted by molar-refractivity contribution is 6.08. The summed E-state index contributed by atoms with van der Waals surface area (Å²) < 4.78 is 0. The highest BCUT2D eigenvalue weighted by Crippen LogP contribution is 2.50. The van der Waals surface area contributed by atoms with E-state index in [-0.39, 0.29) is 11.9 Å². The molecule has 0 aliphatic carbocycles. The number of carbonyl (C=O) groups excluding carboxylic acids is 1. The topological polar surface area (TPSA) is 36.9 Å². The molecule has 2 aliphatic rings. The Labute approximate surface area is 124 Å². The first-order chi connectivity index (χ1) is 10.2. The summed E-state index contributed by atoms with van der Waals surface area (Å²) in [7, 11) is 1.90. The maximum absolute atomic E-state index is 13.1. The summed E-state index contributed by atoms with van der Waals surface area (Å²) in [5.41, 5.74) is 3.11. The van der Waals surface area contributed by atoms with E-state index in [2.05, 4.69) is 41.7 Å². The van der Waals surface area contributed by atoms with Gasteiger partial charge in [0.2, 0.25) is 5.91 Å². The van der Waals surface area contributed by atoms with Crippen LogP contribution in [0.4, 0.5) is 5.69 Å². The van der Waals surface area contributed by atoms with Crippen LogP contribution in [0.25, 0.3) is 0 Å². The first-order valence-electron chi connectivity index (χ1n) is 7.51. The highest BCUT2D eigenvalue weighted by Gasteiger charge is 2.60. The third-order valence-electron chi connectivity index (χ3n) is 5.06. The number of nitrogens with two attached hydrogens (primary N) is 1. The van der Waals surface area contributed by atoms with Crippen molar-refractivity contribution in [2.24, 2.45) is 0 Å². The minimum absolute atomic E-state index is 0.178. The van der Waals surface area contributed by atoms with E-state index in [1.54, 1.807) is 0 Å². The average Bonchev–Trinajstić information content (AvgIpc) is 3.07. The molecule has 1 amide bonds. The van der Waals surface area contributed by atoms with Crippen molar-refractivity contribution >= 4 is 11.6 Å². The van der Waals surface area contributed by atoms with Gasteiger partial charge in [-0.15, -0.1) is 0 Å². The van der Waals surface area contributed by atoms with Crippen molar-refractivity contribution < 1.29 is 10.1 Å². The second-order valence-corrected chi connectivity index (χ2v) is 6.02. The lowest BCUT2D eigenvalue weighted by molar-refractivity contribution is -0.679. The number of para-hydroxylation sites is 1. The van der Waals surface area contributed by atoms with Crippen LogP contribution >= 0.6 is 0 Å². The standard InChI is InChI=1S/C18H18N2O/c1-20-15-10-6-5-9-14(15)18(17(20)21)11-12-19-16(18)13-7-3-2-4-8-13/h2-10,16,19H,11-12H2,1H3/p+1/t16-,18+/m0/s1. The molecule has 0 bridgehead atoms. The van der Waals surface area contributed by atoms with E-state index in [1.165, 1.54) is 11.1 Å². The Balaban J connectivity index is 1.92. The molecule has 2 N–H and O–H groups in total. The van der Waals surface area contributed by atoms with Crippen LogP contribution in [-0.4, -0.2) is 19.5 Å². The Hall–Kier alpha value is -2.13. The molecule has 2 atom stereocenters. The second-order valence-electron chi connectivity index (χ2n) is 6.02. The van der Waals surface area contributed by atoms with E-state index in [0.29, 0.717) is 0 Å². The summed E-state index contributed by atoms with van der Waals surface area (Å²) in [6.45, 7) is 0.994. The molecule has 1 saturated heterocycles. The fourth-order valence-electron chi connectivity index (χ4n) is 4.12. The molecule has 1 spiro atoms. The molecule has 2 heterocycles. The average molecular weight is 279 g/mol. The van der Waals surface area contributed by atoms with Crippen molar-refractivity contribution in [1.82, 2.24) is 0 Å². The molecule has 1 fully saturated rings. The quantitative estimate of drug-likeness (QED) is 0.846. The summed E-state index contributed by atoms with van der Waals surface area (Å²) in [6.07, 6.45) is 0.909. The van der Waals surface area contributed by atoms with Crippen LogP contribution in [-0.2, 0) is 10.2 Å². The number of anilines is 1. The Morgan fingerprint density at radius 1 is 1.10 bits per heavy atom. The van der Waals surface area contributed by atoms with Gasteiger partial charge in [0, 0.05) is 24.7 Å². The van der Waals surface area contributed by atoms with Gasteiger partial charge in [-0.2, -0.15) is 0 Å². The predicted octanol–water partition coefficient (Wildman–Crippen LogP) is 1.61. The zero-order valence-electron chi connectivity index (χ0n) is 12.1. The number of quaternary nitrogens is 1. The first-order valence-corrected chi connectivity index (χ1v) is 7.51. The number of rotatable bonds is 1. The molecular weight excluding hydrogens is 260 g/mol. The van der Waals surface area contributed by atoms with Crippen molar-refractivity contribution in [3.05, 3.63) is 65.7 Å². The number of carbonyl (C=O) groups is 1. The van der Waals surface area contributed by atoms with Gasteiger partial charge in [-0.05, 0) is 11.6 Å². The molecule has 3 heteroatoms. The molecule has 106 valence electrons. The lowest BCUT2D eigenvalue weighted by Gasteiger charge is -2.27. The van der Waals surface area contributed by atoms with E-state index in [0.717, 1.165) is 18.7 Å². The molecule has 21 heavy (non-hydrogen) atoms. The molecule has 0 radical (unpaired) electrons. The summed E-state index contributed by atoms with van der Waals surface area (Å²) in [5.74, 6) is 0.242. The van der Waals surface area contributed by atoms with Crippen molar-refractivity contribution in [3.63, 3.8) is 0 Å². The van der Waals surface area contributed by atoms with Gasteiger partial charge in [-0.1, -0.05) is 48.5 Å².